The van der Waals surface area contributed by atoms with Crippen molar-refractivity contribution < 1.29 is 9.18 Å². The number of rotatable bonds is 9. The fraction of sp³-hybridized carbons (Fsp3) is 0.344. The van der Waals surface area contributed by atoms with E-state index in [4.69, 9.17) is 0 Å². The Hall–Kier alpha value is -3.20. The van der Waals surface area contributed by atoms with Crippen LogP contribution in [0.1, 0.15) is 69.8 Å². The second-order valence-corrected chi connectivity index (χ2v) is 9.80. The average Bonchev–Trinajstić information content (AvgIpc) is 2.90. The summed E-state index contributed by atoms with van der Waals surface area (Å²) in [6.45, 7) is 5.72. The van der Waals surface area contributed by atoms with E-state index in [1.54, 1.807) is 18.2 Å². The monoisotopic (exact) mass is 469 g/mol. The molecule has 4 rings (SSSR count). The Morgan fingerprint density at radius 3 is 2.20 bits per heavy atom. The van der Waals surface area contributed by atoms with Gasteiger partial charge in [-0.15, -0.1) is 0 Å². The zero-order valence-electron chi connectivity index (χ0n) is 20.7. The highest BCUT2D eigenvalue weighted by molar-refractivity contribution is 5.99. The van der Waals surface area contributed by atoms with Crippen LogP contribution in [0.5, 0.6) is 0 Å². The summed E-state index contributed by atoms with van der Waals surface area (Å²) in [5.74, 6) is 1.05. The SMILES string of the molecule is C=CC(=O)Nc1ccc(-c2ccc(-c3ccc(C4CCC(CCCCC)CC4)cc3)cc2F)cc1. The molecule has 1 aliphatic carbocycles. The van der Waals surface area contributed by atoms with E-state index in [9.17, 15) is 4.79 Å². The largest absolute Gasteiger partial charge is 0.323 e. The summed E-state index contributed by atoms with van der Waals surface area (Å²) in [6, 6.07) is 21.3. The molecule has 1 aliphatic rings. The second-order valence-electron chi connectivity index (χ2n) is 9.80. The number of unbranched alkanes of at least 4 members (excludes halogenated alkanes) is 2. The predicted molar refractivity (Wildman–Crippen MR) is 145 cm³/mol. The fourth-order valence-corrected chi connectivity index (χ4v) is 5.27. The van der Waals surface area contributed by atoms with Crippen LogP contribution in [-0.2, 0) is 4.79 Å². The minimum Gasteiger partial charge on any atom is -0.323 e. The van der Waals surface area contributed by atoms with Crippen LogP contribution in [0.15, 0.2) is 79.4 Å². The standard InChI is InChI=1S/C32H36FNO/c1-3-5-6-7-23-8-10-24(11-9-23)25-12-14-26(15-13-25)28-18-21-30(31(33)22-28)27-16-19-29(20-17-27)34-32(35)4-2/h4,12-24H,2-3,5-11H2,1H3,(H,34,35). The van der Waals surface area contributed by atoms with E-state index in [2.05, 4.69) is 43.1 Å². The number of anilines is 1. The van der Waals surface area contributed by atoms with E-state index >= 15 is 4.39 Å². The Morgan fingerprint density at radius 2 is 1.57 bits per heavy atom. The van der Waals surface area contributed by atoms with Crippen molar-refractivity contribution in [2.45, 2.75) is 64.2 Å². The van der Waals surface area contributed by atoms with Gasteiger partial charge in [0.25, 0.3) is 0 Å². The summed E-state index contributed by atoms with van der Waals surface area (Å²) in [6.07, 6.45) is 12.0. The fourth-order valence-electron chi connectivity index (χ4n) is 5.27. The highest BCUT2D eigenvalue weighted by Crippen LogP contribution is 2.38. The minimum atomic E-state index is -0.269. The number of carbonyl (C=O) groups is 1. The van der Waals surface area contributed by atoms with Gasteiger partial charge >= 0.3 is 0 Å². The van der Waals surface area contributed by atoms with Gasteiger partial charge in [-0.2, -0.15) is 0 Å². The van der Waals surface area contributed by atoms with Crippen molar-refractivity contribution >= 4 is 11.6 Å². The molecule has 2 nitrogen and oxygen atoms in total. The van der Waals surface area contributed by atoms with Crippen LogP contribution in [0.25, 0.3) is 22.3 Å². The molecule has 3 aromatic carbocycles. The van der Waals surface area contributed by atoms with Crippen molar-refractivity contribution in [1.82, 2.24) is 0 Å². The molecule has 0 aromatic heterocycles. The number of carbonyl (C=O) groups excluding carboxylic acids is 1. The van der Waals surface area contributed by atoms with Crippen LogP contribution in [0, 0.1) is 11.7 Å². The van der Waals surface area contributed by atoms with Gasteiger partial charge in [-0.25, -0.2) is 4.39 Å². The Labute approximate surface area is 209 Å². The first-order valence-corrected chi connectivity index (χ1v) is 13.0. The molecule has 0 radical (unpaired) electrons. The smallest absolute Gasteiger partial charge is 0.247 e. The highest BCUT2D eigenvalue weighted by atomic mass is 19.1. The lowest BCUT2D eigenvalue weighted by molar-refractivity contribution is -0.111. The van der Waals surface area contributed by atoms with Crippen LogP contribution in [0.4, 0.5) is 10.1 Å². The molecule has 0 spiro atoms. The first-order chi connectivity index (χ1) is 17.1. The molecule has 0 saturated heterocycles. The number of hydrogen-bond donors (Lipinski definition) is 1. The maximum atomic E-state index is 15.0. The summed E-state index contributed by atoms with van der Waals surface area (Å²) >= 11 is 0. The molecule has 35 heavy (non-hydrogen) atoms. The van der Waals surface area contributed by atoms with Crippen molar-refractivity contribution in [2.24, 2.45) is 5.92 Å². The Bertz CT molecular complexity index is 1130. The molecule has 0 bridgehead atoms. The first-order valence-electron chi connectivity index (χ1n) is 13.0. The van der Waals surface area contributed by atoms with Crippen LogP contribution < -0.4 is 5.32 Å². The lowest BCUT2D eigenvalue weighted by atomic mass is 9.77. The van der Waals surface area contributed by atoms with E-state index in [0.717, 1.165) is 22.6 Å². The van der Waals surface area contributed by atoms with Crippen molar-refractivity contribution in [2.75, 3.05) is 5.32 Å². The zero-order valence-corrected chi connectivity index (χ0v) is 20.7. The van der Waals surface area contributed by atoms with Gasteiger partial charge < -0.3 is 5.32 Å². The van der Waals surface area contributed by atoms with Crippen molar-refractivity contribution in [1.29, 1.82) is 0 Å². The van der Waals surface area contributed by atoms with Crippen LogP contribution in [-0.4, -0.2) is 5.91 Å². The van der Waals surface area contributed by atoms with Crippen LogP contribution >= 0.6 is 0 Å². The summed E-state index contributed by atoms with van der Waals surface area (Å²) in [4.78, 5) is 11.4. The summed E-state index contributed by atoms with van der Waals surface area (Å²) < 4.78 is 15.0. The van der Waals surface area contributed by atoms with E-state index in [0.29, 0.717) is 17.2 Å². The maximum Gasteiger partial charge on any atom is 0.247 e. The highest BCUT2D eigenvalue weighted by Gasteiger charge is 2.22. The van der Waals surface area contributed by atoms with E-state index < -0.39 is 0 Å². The Balaban J connectivity index is 1.39. The normalized spacial score (nSPS) is 17.7. The molecule has 3 aromatic rings. The summed E-state index contributed by atoms with van der Waals surface area (Å²) in [5, 5.41) is 2.71. The Kier molecular flexibility index (Phi) is 8.52. The Morgan fingerprint density at radius 1 is 0.914 bits per heavy atom. The number of benzene rings is 3. The third kappa shape index (κ3) is 6.48. The number of hydrogen-bond acceptors (Lipinski definition) is 1. The summed E-state index contributed by atoms with van der Waals surface area (Å²) in [7, 11) is 0. The topological polar surface area (TPSA) is 29.1 Å². The predicted octanol–water partition coefficient (Wildman–Crippen LogP) is 9.14. The van der Waals surface area contributed by atoms with Gasteiger partial charge in [-0.05, 0) is 84.0 Å². The van der Waals surface area contributed by atoms with Crippen molar-refractivity contribution in [3.8, 4) is 22.3 Å². The van der Waals surface area contributed by atoms with Crippen LogP contribution in [0.3, 0.4) is 0 Å². The second kappa shape index (κ2) is 12.0. The molecule has 0 atom stereocenters. The first kappa shape index (κ1) is 24.9. The molecule has 182 valence electrons. The maximum absolute atomic E-state index is 15.0. The lowest BCUT2D eigenvalue weighted by Gasteiger charge is -2.29. The number of amides is 1. The van der Waals surface area contributed by atoms with Gasteiger partial charge in [0.1, 0.15) is 5.82 Å². The molecule has 0 heterocycles. The number of nitrogens with one attached hydrogen (secondary N) is 1. The molecule has 0 unspecified atom stereocenters. The van der Waals surface area contributed by atoms with E-state index in [-0.39, 0.29) is 11.7 Å². The van der Waals surface area contributed by atoms with Gasteiger partial charge in [-0.1, -0.05) is 87.7 Å². The molecule has 3 heteroatoms. The third-order valence-electron chi connectivity index (χ3n) is 7.40. The van der Waals surface area contributed by atoms with Gasteiger partial charge in [0.15, 0.2) is 0 Å². The van der Waals surface area contributed by atoms with Gasteiger partial charge in [0.2, 0.25) is 5.91 Å². The lowest BCUT2D eigenvalue weighted by Crippen LogP contribution is -2.13. The molecule has 1 fully saturated rings. The average molecular weight is 470 g/mol. The summed E-state index contributed by atoms with van der Waals surface area (Å²) in [5.41, 5.74) is 5.30. The molecule has 0 aliphatic heterocycles. The van der Waals surface area contributed by atoms with E-state index in [1.165, 1.54) is 63.0 Å². The van der Waals surface area contributed by atoms with Gasteiger partial charge in [0, 0.05) is 11.3 Å². The van der Waals surface area contributed by atoms with Gasteiger partial charge in [-0.3, -0.25) is 4.79 Å². The molecular weight excluding hydrogens is 433 g/mol. The molecule has 1 amide bonds. The zero-order chi connectivity index (χ0) is 24.6. The molecule has 1 N–H and O–H groups in total. The van der Waals surface area contributed by atoms with Gasteiger partial charge in [0.05, 0.1) is 0 Å². The number of halogens is 1. The molecule has 1 saturated carbocycles. The van der Waals surface area contributed by atoms with Crippen molar-refractivity contribution in [3.05, 3.63) is 90.8 Å². The van der Waals surface area contributed by atoms with E-state index in [1.807, 2.05) is 24.3 Å². The third-order valence-corrected chi connectivity index (χ3v) is 7.40. The van der Waals surface area contributed by atoms with Crippen molar-refractivity contribution in [3.63, 3.8) is 0 Å². The quantitative estimate of drug-likeness (QED) is 0.246. The van der Waals surface area contributed by atoms with Crippen LogP contribution in [0.2, 0.25) is 0 Å². The molecular formula is C32H36FNO. The minimum absolute atomic E-state index is 0.254.